The molecule has 2 aromatic carbocycles. The minimum atomic E-state index is 0.0327. The molecule has 0 bridgehead atoms. The van der Waals surface area contributed by atoms with Crippen LogP contribution in [0.1, 0.15) is 27.9 Å². The number of rotatable bonds is 4. The average Bonchev–Trinajstić information content (AvgIpc) is 2.79. The quantitative estimate of drug-likeness (QED) is 0.529. The van der Waals surface area contributed by atoms with Crippen LogP contribution < -0.4 is 5.73 Å². The molecule has 0 unspecified atom stereocenters. The zero-order valence-electron chi connectivity index (χ0n) is 16.0. The van der Waals surface area contributed by atoms with E-state index >= 15 is 0 Å². The summed E-state index contributed by atoms with van der Waals surface area (Å²) in [5.41, 5.74) is 11.1. The summed E-state index contributed by atoms with van der Waals surface area (Å²) in [6.45, 7) is 1.23. The molecule has 1 amide bonds. The highest BCUT2D eigenvalue weighted by Crippen LogP contribution is 2.24. The fourth-order valence-corrected chi connectivity index (χ4v) is 3.50. The number of carbonyl (C=O) groups is 1. The van der Waals surface area contributed by atoms with Crippen LogP contribution in [0, 0.1) is 5.41 Å². The molecular weight excluding hydrogens is 360 g/mol. The van der Waals surface area contributed by atoms with Crippen LogP contribution in [0.4, 0.5) is 0 Å². The molecule has 0 spiro atoms. The van der Waals surface area contributed by atoms with Crippen LogP contribution in [0.15, 0.2) is 79.0 Å². The van der Waals surface area contributed by atoms with Crippen LogP contribution in [0.5, 0.6) is 0 Å². The molecule has 0 aliphatic carbocycles. The summed E-state index contributed by atoms with van der Waals surface area (Å²) in [5, 5.41) is 7.60. The van der Waals surface area contributed by atoms with Gasteiger partial charge in [-0.15, -0.1) is 0 Å². The first-order valence-electron chi connectivity index (χ1n) is 9.56. The molecule has 0 saturated heterocycles. The average molecular weight is 382 g/mol. The summed E-state index contributed by atoms with van der Waals surface area (Å²) in [7, 11) is 0. The topological polar surface area (TPSA) is 83.1 Å². The van der Waals surface area contributed by atoms with Crippen molar-refractivity contribution in [3.63, 3.8) is 0 Å². The summed E-state index contributed by atoms with van der Waals surface area (Å²) in [4.78, 5) is 19.1. The zero-order valence-corrected chi connectivity index (χ0v) is 16.0. The highest BCUT2D eigenvalue weighted by molar-refractivity contribution is 5.96. The Morgan fingerprint density at radius 1 is 0.966 bits per heavy atom. The maximum atomic E-state index is 12.9. The normalized spacial score (nSPS) is 13.7. The molecule has 4 rings (SSSR count). The number of nitrogen functional groups attached to an aromatic ring is 1. The molecule has 1 aliphatic rings. The number of carbonyl (C=O) groups excluding carboxylic acids is 1. The van der Waals surface area contributed by atoms with Crippen molar-refractivity contribution >= 4 is 17.3 Å². The second kappa shape index (κ2) is 8.10. The Hall–Kier alpha value is -3.73. The third-order valence-electron chi connectivity index (χ3n) is 5.13. The van der Waals surface area contributed by atoms with Gasteiger partial charge in [0.1, 0.15) is 5.84 Å². The number of amides is 1. The highest BCUT2D eigenvalue weighted by Gasteiger charge is 2.19. The van der Waals surface area contributed by atoms with Crippen LogP contribution in [-0.4, -0.2) is 34.7 Å². The second-order valence-corrected chi connectivity index (χ2v) is 7.02. The van der Waals surface area contributed by atoms with Crippen molar-refractivity contribution in [2.75, 3.05) is 13.1 Å². The van der Waals surface area contributed by atoms with Gasteiger partial charge in [0.15, 0.2) is 0 Å². The Kier molecular flexibility index (Phi) is 5.20. The Labute approximate surface area is 170 Å². The third kappa shape index (κ3) is 4.09. The molecule has 5 nitrogen and oxygen atoms in total. The predicted octanol–water partition coefficient (Wildman–Crippen LogP) is 3.96. The van der Waals surface area contributed by atoms with Crippen LogP contribution in [0.3, 0.4) is 0 Å². The van der Waals surface area contributed by atoms with Gasteiger partial charge in [0.25, 0.3) is 5.91 Å². The minimum absolute atomic E-state index is 0.0327. The first-order valence-corrected chi connectivity index (χ1v) is 9.56. The molecule has 29 heavy (non-hydrogen) atoms. The van der Waals surface area contributed by atoms with E-state index in [4.69, 9.17) is 11.1 Å². The molecule has 0 radical (unpaired) electrons. The maximum Gasteiger partial charge on any atom is 0.254 e. The molecule has 3 N–H and O–H groups in total. The van der Waals surface area contributed by atoms with Crippen LogP contribution in [0.2, 0.25) is 0 Å². The molecule has 2 heterocycles. The fourth-order valence-electron chi connectivity index (χ4n) is 3.50. The maximum absolute atomic E-state index is 12.9. The van der Waals surface area contributed by atoms with Gasteiger partial charge in [0.2, 0.25) is 0 Å². The molecule has 0 fully saturated rings. The van der Waals surface area contributed by atoms with Crippen LogP contribution >= 0.6 is 0 Å². The Morgan fingerprint density at radius 2 is 1.79 bits per heavy atom. The van der Waals surface area contributed by atoms with Crippen molar-refractivity contribution in [1.29, 1.82) is 5.41 Å². The lowest BCUT2D eigenvalue weighted by Gasteiger charge is -2.27. The van der Waals surface area contributed by atoms with Gasteiger partial charge >= 0.3 is 0 Å². The number of nitrogens with zero attached hydrogens (tertiary/aromatic N) is 2. The van der Waals surface area contributed by atoms with Crippen molar-refractivity contribution in [1.82, 2.24) is 9.88 Å². The lowest BCUT2D eigenvalue weighted by molar-refractivity contribution is 0.0773. The fraction of sp³-hybridized carbons (Fsp3) is 0.125. The SMILES string of the molecule is N=C(N)c1cccc(C2=CCN(C(=O)c3ccc(-c4ccccn4)cc3)CC2)c1. The monoisotopic (exact) mass is 382 g/mol. The molecular formula is C24H22N4O. The number of aromatic nitrogens is 1. The zero-order chi connectivity index (χ0) is 20.2. The summed E-state index contributed by atoms with van der Waals surface area (Å²) >= 11 is 0. The molecule has 0 atom stereocenters. The predicted molar refractivity (Wildman–Crippen MR) is 116 cm³/mol. The van der Waals surface area contributed by atoms with E-state index in [1.54, 1.807) is 6.20 Å². The Balaban J connectivity index is 1.46. The third-order valence-corrected chi connectivity index (χ3v) is 5.13. The van der Waals surface area contributed by atoms with Gasteiger partial charge in [-0.3, -0.25) is 15.2 Å². The first-order chi connectivity index (χ1) is 14.1. The van der Waals surface area contributed by atoms with Gasteiger partial charge in [0, 0.05) is 36.0 Å². The van der Waals surface area contributed by atoms with E-state index in [2.05, 4.69) is 11.1 Å². The van der Waals surface area contributed by atoms with E-state index < -0.39 is 0 Å². The van der Waals surface area contributed by atoms with Gasteiger partial charge < -0.3 is 10.6 Å². The Morgan fingerprint density at radius 3 is 2.45 bits per heavy atom. The van der Waals surface area contributed by atoms with Crippen LogP contribution in [0.25, 0.3) is 16.8 Å². The number of benzene rings is 2. The van der Waals surface area contributed by atoms with E-state index in [0.717, 1.165) is 28.8 Å². The molecule has 1 aromatic heterocycles. The number of hydrogen-bond acceptors (Lipinski definition) is 3. The summed E-state index contributed by atoms with van der Waals surface area (Å²) in [6, 6.07) is 21.1. The van der Waals surface area contributed by atoms with Gasteiger partial charge in [0.05, 0.1) is 5.69 Å². The smallest absolute Gasteiger partial charge is 0.254 e. The number of amidine groups is 1. The highest BCUT2D eigenvalue weighted by atomic mass is 16.2. The number of pyridine rings is 1. The minimum Gasteiger partial charge on any atom is -0.384 e. The first kappa shape index (κ1) is 18.6. The number of nitrogens with one attached hydrogen (secondary N) is 1. The molecule has 3 aromatic rings. The van der Waals surface area contributed by atoms with E-state index in [1.807, 2.05) is 71.6 Å². The van der Waals surface area contributed by atoms with E-state index in [9.17, 15) is 4.79 Å². The van der Waals surface area contributed by atoms with E-state index in [1.165, 1.54) is 5.57 Å². The van der Waals surface area contributed by atoms with Gasteiger partial charge in [-0.1, -0.05) is 42.5 Å². The largest absolute Gasteiger partial charge is 0.384 e. The standard InChI is InChI=1S/C24H22N4O/c25-23(26)21-5-3-4-20(16-21)17-11-14-28(15-12-17)24(29)19-9-7-18(8-10-19)22-6-1-2-13-27-22/h1-11,13,16H,12,14-15H2,(H3,25,26). The van der Waals surface area contributed by atoms with Crippen molar-refractivity contribution in [3.8, 4) is 11.3 Å². The molecule has 0 saturated carbocycles. The van der Waals surface area contributed by atoms with Gasteiger partial charge in [-0.2, -0.15) is 0 Å². The van der Waals surface area contributed by atoms with E-state index in [0.29, 0.717) is 18.7 Å². The van der Waals surface area contributed by atoms with Crippen molar-refractivity contribution in [2.24, 2.45) is 5.73 Å². The summed E-state index contributed by atoms with van der Waals surface area (Å²) < 4.78 is 0. The molecule has 144 valence electrons. The van der Waals surface area contributed by atoms with E-state index in [-0.39, 0.29) is 11.7 Å². The number of hydrogen-bond donors (Lipinski definition) is 2. The van der Waals surface area contributed by atoms with Crippen molar-refractivity contribution < 1.29 is 4.79 Å². The number of nitrogens with two attached hydrogens (primary N) is 1. The van der Waals surface area contributed by atoms with Crippen molar-refractivity contribution in [3.05, 3.63) is 95.7 Å². The Bertz CT molecular complexity index is 1070. The lowest BCUT2D eigenvalue weighted by Crippen LogP contribution is -2.34. The van der Waals surface area contributed by atoms with Gasteiger partial charge in [-0.05, 0) is 47.9 Å². The summed E-state index contributed by atoms with van der Waals surface area (Å²) in [5.74, 6) is 0.0968. The van der Waals surface area contributed by atoms with Crippen molar-refractivity contribution in [2.45, 2.75) is 6.42 Å². The summed E-state index contributed by atoms with van der Waals surface area (Å²) in [6.07, 6.45) is 4.63. The lowest BCUT2D eigenvalue weighted by atomic mass is 9.97. The van der Waals surface area contributed by atoms with Gasteiger partial charge in [-0.25, -0.2) is 0 Å². The molecule has 5 heteroatoms. The van der Waals surface area contributed by atoms with Crippen LogP contribution in [-0.2, 0) is 0 Å². The molecule has 1 aliphatic heterocycles. The second-order valence-electron chi connectivity index (χ2n) is 7.02.